The van der Waals surface area contributed by atoms with E-state index in [-0.39, 0.29) is 24.3 Å². The van der Waals surface area contributed by atoms with Crippen molar-refractivity contribution in [1.29, 1.82) is 0 Å². The predicted octanol–water partition coefficient (Wildman–Crippen LogP) is 3.97. The van der Waals surface area contributed by atoms with Gasteiger partial charge in [0.05, 0.1) is 29.8 Å². The molecular formula is C21H23BrN2O4. The summed E-state index contributed by atoms with van der Waals surface area (Å²) >= 11 is 3.36. The molecule has 2 aromatic carbocycles. The molecule has 148 valence electrons. The monoisotopic (exact) mass is 446 g/mol. The molecule has 7 heteroatoms. The van der Waals surface area contributed by atoms with E-state index >= 15 is 0 Å². The number of esters is 1. The molecule has 1 unspecified atom stereocenters. The van der Waals surface area contributed by atoms with E-state index in [9.17, 15) is 14.4 Å². The molecule has 28 heavy (non-hydrogen) atoms. The van der Waals surface area contributed by atoms with E-state index in [1.165, 1.54) is 7.11 Å². The number of nitrogens with one attached hydrogen (secondary N) is 1. The van der Waals surface area contributed by atoms with E-state index in [2.05, 4.69) is 21.2 Å². The van der Waals surface area contributed by atoms with Gasteiger partial charge in [-0.3, -0.25) is 14.4 Å². The van der Waals surface area contributed by atoms with Crippen LogP contribution in [-0.2, 0) is 9.53 Å². The lowest BCUT2D eigenvalue weighted by Gasteiger charge is -2.24. The molecule has 0 heterocycles. The average Bonchev–Trinajstić information content (AvgIpc) is 2.71. The number of halogens is 1. The topological polar surface area (TPSA) is 75.7 Å². The fraction of sp³-hybridized carbons (Fsp3) is 0.286. The molecule has 0 aliphatic rings. The lowest BCUT2D eigenvalue weighted by Crippen LogP contribution is -2.37. The highest BCUT2D eigenvalue weighted by molar-refractivity contribution is 9.10. The van der Waals surface area contributed by atoms with E-state index in [0.717, 1.165) is 0 Å². The van der Waals surface area contributed by atoms with Gasteiger partial charge in [0.1, 0.15) is 0 Å². The van der Waals surface area contributed by atoms with Gasteiger partial charge in [0.2, 0.25) is 0 Å². The summed E-state index contributed by atoms with van der Waals surface area (Å²) in [7, 11) is 1.32. The first-order chi connectivity index (χ1) is 13.4. The molecule has 0 bridgehead atoms. The summed E-state index contributed by atoms with van der Waals surface area (Å²) < 4.78 is 5.41. The highest BCUT2D eigenvalue weighted by atomic mass is 79.9. The predicted molar refractivity (Wildman–Crippen MR) is 111 cm³/mol. The van der Waals surface area contributed by atoms with Crippen molar-refractivity contribution in [3.05, 3.63) is 64.1 Å². The largest absolute Gasteiger partial charge is 0.469 e. The number of hydrogen-bond donors (Lipinski definition) is 1. The molecule has 2 rings (SSSR count). The molecule has 0 saturated heterocycles. The molecule has 1 atom stereocenters. The van der Waals surface area contributed by atoms with Crippen molar-refractivity contribution in [3.8, 4) is 0 Å². The molecule has 0 aliphatic heterocycles. The number of para-hydroxylation sites is 1. The van der Waals surface area contributed by atoms with E-state index in [1.54, 1.807) is 54.3 Å². The van der Waals surface area contributed by atoms with Crippen LogP contribution < -0.4 is 5.32 Å². The molecule has 2 amide bonds. The van der Waals surface area contributed by atoms with Gasteiger partial charge in [-0.05, 0) is 47.1 Å². The number of ether oxygens (including phenoxy) is 1. The summed E-state index contributed by atoms with van der Waals surface area (Å²) in [5.41, 5.74) is 1.25. The van der Waals surface area contributed by atoms with Crippen molar-refractivity contribution in [2.45, 2.75) is 13.8 Å². The summed E-state index contributed by atoms with van der Waals surface area (Å²) in [6.45, 7) is 4.20. The minimum absolute atomic E-state index is 0.231. The smallest absolute Gasteiger partial charge is 0.310 e. The van der Waals surface area contributed by atoms with Crippen molar-refractivity contribution in [2.24, 2.45) is 5.92 Å². The van der Waals surface area contributed by atoms with Crippen molar-refractivity contribution < 1.29 is 19.1 Å². The minimum Gasteiger partial charge on any atom is -0.469 e. The normalized spacial score (nSPS) is 11.4. The Morgan fingerprint density at radius 2 is 1.68 bits per heavy atom. The van der Waals surface area contributed by atoms with Crippen LogP contribution in [0.3, 0.4) is 0 Å². The second-order valence-electron chi connectivity index (χ2n) is 6.25. The number of carbonyl (C=O) groups is 3. The van der Waals surface area contributed by atoms with Gasteiger partial charge in [-0.25, -0.2) is 0 Å². The van der Waals surface area contributed by atoms with E-state index < -0.39 is 5.92 Å². The van der Waals surface area contributed by atoms with Crippen molar-refractivity contribution >= 4 is 39.4 Å². The Hall–Kier alpha value is -2.67. The van der Waals surface area contributed by atoms with Gasteiger partial charge in [-0.2, -0.15) is 0 Å². The molecule has 0 saturated carbocycles. The zero-order valence-corrected chi connectivity index (χ0v) is 17.7. The fourth-order valence-electron chi connectivity index (χ4n) is 2.75. The molecule has 0 radical (unpaired) electrons. The molecule has 0 aromatic heterocycles. The minimum atomic E-state index is -0.448. The Bertz CT molecular complexity index is 869. The third-order valence-electron chi connectivity index (χ3n) is 4.29. The van der Waals surface area contributed by atoms with Crippen LogP contribution in [-0.4, -0.2) is 42.9 Å². The fourth-order valence-corrected chi connectivity index (χ4v) is 3.21. The van der Waals surface area contributed by atoms with Gasteiger partial charge < -0.3 is 15.0 Å². The molecule has 1 N–H and O–H groups in total. The van der Waals surface area contributed by atoms with Crippen LogP contribution in [0.4, 0.5) is 5.69 Å². The average molecular weight is 447 g/mol. The molecule has 2 aromatic rings. The lowest BCUT2D eigenvalue weighted by molar-refractivity contribution is -0.145. The maximum Gasteiger partial charge on any atom is 0.310 e. The molecule has 6 nitrogen and oxygen atoms in total. The van der Waals surface area contributed by atoms with Crippen LogP contribution in [0.15, 0.2) is 53.0 Å². The number of anilines is 1. The quantitative estimate of drug-likeness (QED) is 0.652. The number of amides is 2. The second-order valence-corrected chi connectivity index (χ2v) is 7.10. The Kier molecular flexibility index (Phi) is 7.75. The first kappa shape index (κ1) is 21.6. The Morgan fingerprint density at radius 3 is 2.29 bits per heavy atom. The van der Waals surface area contributed by atoms with Crippen molar-refractivity contribution in [1.82, 2.24) is 4.90 Å². The zero-order chi connectivity index (χ0) is 20.7. The van der Waals surface area contributed by atoms with Crippen LogP contribution in [0.5, 0.6) is 0 Å². The van der Waals surface area contributed by atoms with Crippen molar-refractivity contribution in [2.75, 3.05) is 25.5 Å². The van der Waals surface area contributed by atoms with Crippen LogP contribution in [0.1, 0.15) is 34.6 Å². The molecule has 0 aliphatic carbocycles. The Morgan fingerprint density at radius 1 is 1.07 bits per heavy atom. The van der Waals surface area contributed by atoms with Crippen LogP contribution in [0.25, 0.3) is 0 Å². The number of methoxy groups -OCH3 is 1. The molecule has 0 spiro atoms. The summed E-state index contributed by atoms with van der Waals surface area (Å²) in [5, 5.41) is 2.81. The van der Waals surface area contributed by atoms with E-state index in [4.69, 9.17) is 4.74 Å². The Labute approximate surface area is 173 Å². The highest BCUT2D eigenvalue weighted by Crippen LogP contribution is 2.22. The first-order valence-corrected chi connectivity index (χ1v) is 9.70. The lowest BCUT2D eigenvalue weighted by atomic mass is 10.1. The van der Waals surface area contributed by atoms with Gasteiger partial charge in [0.25, 0.3) is 11.8 Å². The van der Waals surface area contributed by atoms with E-state index in [0.29, 0.717) is 27.8 Å². The molecular weight excluding hydrogens is 424 g/mol. The summed E-state index contributed by atoms with van der Waals surface area (Å²) in [4.78, 5) is 38.9. The third kappa shape index (κ3) is 5.19. The summed E-state index contributed by atoms with van der Waals surface area (Å²) in [6.07, 6.45) is 0. The second kappa shape index (κ2) is 10.0. The zero-order valence-electron chi connectivity index (χ0n) is 16.1. The maximum atomic E-state index is 13.0. The SMILES string of the molecule is CCN(CC(C)C(=O)OC)C(=O)c1ccccc1NC(=O)c1ccccc1Br. The number of benzene rings is 2. The van der Waals surface area contributed by atoms with Crippen LogP contribution in [0, 0.1) is 5.92 Å². The summed E-state index contributed by atoms with van der Waals surface area (Å²) in [5.74, 6) is -1.40. The molecule has 0 fully saturated rings. The van der Waals surface area contributed by atoms with E-state index in [1.807, 2.05) is 13.0 Å². The van der Waals surface area contributed by atoms with Gasteiger partial charge in [0.15, 0.2) is 0 Å². The number of hydrogen-bond acceptors (Lipinski definition) is 4. The number of rotatable bonds is 7. The Balaban J connectivity index is 2.24. The number of carbonyl (C=O) groups excluding carboxylic acids is 3. The number of nitrogens with zero attached hydrogens (tertiary/aromatic N) is 1. The summed E-state index contributed by atoms with van der Waals surface area (Å²) in [6, 6.07) is 13.9. The van der Waals surface area contributed by atoms with Gasteiger partial charge in [-0.1, -0.05) is 31.2 Å². The van der Waals surface area contributed by atoms with Crippen molar-refractivity contribution in [3.63, 3.8) is 0 Å². The van der Waals surface area contributed by atoms with Gasteiger partial charge in [-0.15, -0.1) is 0 Å². The standard InChI is InChI=1S/C21H23BrN2O4/c1-4-24(13-14(2)21(27)28-3)20(26)16-10-6-8-12-18(16)23-19(25)15-9-5-7-11-17(15)22/h5-12,14H,4,13H2,1-3H3,(H,23,25). The van der Waals surface area contributed by atoms with Crippen LogP contribution in [0.2, 0.25) is 0 Å². The van der Waals surface area contributed by atoms with Gasteiger partial charge >= 0.3 is 5.97 Å². The highest BCUT2D eigenvalue weighted by Gasteiger charge is 2.23. The third-order valence-corrected chi connectivity index (χ3v) is 4.98. The maximum absolute atomic E-state index is 13.0. The van der Waals surface area contributed by atoms with Gasteiger partial charge in [0, 0.05) is 17.6 Å². The van der Waals surface area contributed by atoms with Crippen LogP contribution >= 0.6 is 15.9 Å². The first-order valence-electron chi connectivity index (χ1n) is 8.91.